The van der Waals surface area contributed by atoms with Crippen molar-refractivity contribution in [2.45, 2.75) is 26.7 Å². The first-order valence-electron chi connectivity index (χ1n) is 9.45. The molecule has 0 atom stereocenters. The van der Waals surface area contributed by atoms with Crippen LogP contribution in [0.1, 0.15) is 23.2 Å². The number of amides is 1. The second-order valence-electron chi connectivity index (χ2n) is 7.11. The quantitative estimate of drug-likeness (QED) is 0.661. The summed E-state index contributed by atoms with van der Waals surface area (Å²) in [5.74, 6) is 0.152. The van der Waals surface area contributed by atoms with Crippen molar-refractivity contribution in [3.05, 3.63) is 57.3 Å². The van der Waals surface area contributed by atoms with Gasteiger partial charge in [-0.2, -0.15) is 5.10 Å². The number of aromatic amines is 1. The summed E-state index contributed by atoms with van der Waals surface area (Å²) < 4.78 is 20.1. The van der Waals surface area contributed by atoms with Crippen LogP contribution in [0.15, 0.2) is 29.1 Å². The fourth-order valence-electron chi connectivity index (χ4n) is 3.43. The standard InChI is InChI=1S/C21H25FN4O3/c1-13-17(21(28)23-20-19(13)14(2)24-26(20)4)9-10-18(27)25(3)11-12-29-16-7-5-15(22)6-8-16/h5-8H,9-12H2,1-4H3,(H,23,28). The Hall–Kier alpha value is -3.16. The third-order valence-electron chi connectivity index (χ3n) is 5.08. The molecular formula is C21H25FN4O3. The van der Waals surface area contributed by atoms with Gasteiger partial charge in [0.1, 0.15) is 23.8 Å². The SMILES string of the molecule is Cc1nn(C)c2[nH]c(=O)c(CCC(=O)N(C)CCOc3ccc(F)cc3)c(C)c12. The van der Waals surface area contributed by atoms with Crippen LogP contribution in [0.2, 0.25) is 0 Å². The van der Waals surface area contributed by atoms with Crippen molar-refractivity contribution in [3.8, 4) is 5.75 Å². The Kier molecular flexibility index (Phi) is 6.00. The van der Waals surface area contributed by atoms with Crippen molar-refractivity contribution in [1.82, 2.24) is 19.7 Å². The van der Waals surface area contributed by atoms with E-state index < -0.39 is 0 Å². The number of carbonyl (C=O) groups excluding carboxylic acids is 1. The molecular weight excluding hydrogens is 375 g/mol. The monoisotopic (exact) mass is 400 g/mol. The molecule has 0 bridgehead atoms. The number of nitrogens with zero attached hydrogens (tertiary/aromatic N) is 3. The highest BCUT2D eigenvalue weighted by molar-refractivity contribution is 5.83. The molecule has 3 rings (SSSR count). The number of fused-ring (bicyclic) bond motifs is 1. The van der Waals surface area contributed by atoms with E-state index in [2.05, 4.69) is 10.1 Å². The minimum Gasteiger partial charge on any atom is -0.492 e. The van der Waals surface area contributed by atoms with E-state index >= 15 is 0 Å². The van der Waals surface area contributed by atoms with Crippen LogP contribution in [0.4, 0.5) is 4.39 Å². The van der Waals surface area contributed by atoms with Gasteiger partial charge in [0.15, 0.2) is 0 Å². The maximum Gasteiger partial charge on any atom is 0.253 e. The molecule has 1 amide bonds. The number of H-pyrrole nitrogens is 1. The van der Waals surface area contributed by atoms with Crippen LogP contribution in [0, 0.1) is 19.7 Å². The zero-order valence-electron chi connectivity index (χ0n) is 17.1. The van der Waals surface area contributed by atoms with E-state index in [1.807, 2.05) is 13.8 Å². The molecule has 0 aliphatic rings. The summed E-state index contributed by atoms with van der Waals surface area (Å²) in [6.45, 7) is 4.49. The Balaban J connectivity index is 1.59. The maximum absolute atomic E-state index is 12.9. The van der Waals surface area contributed by atoms with Gasteiger partial charge in [-0.15, -0.1) is 0 Å². The number of carbonyl (C=O) groups is 1. The molecule has 2 aromatic heterocycles. The Morgan fingerprint density at radius 3 is 2.66 bits per heavy atom. The number of ether oxygens (including phenoxy) is 1. The number of aryl methyl sites for hydroxylation is 3. The predicted octanol–water partition coefficient (Wildman–Crippen LogP) is 2.49. The van der Waals surface area contributed by atoms with Crippen molar-refractivity contribution in [2.24, 2.45) is 7.05 Å². The number of hydrogen-bond donors (Lipinski definition) is 1. The largest absolute Gasteiger partial charge is 0.492 e. The Morgan fingerprint density at radius 2 is 1.97 bits per heavy atom. The first-order valence-corrected chi connectivity index (χ1v) is 9.45. The molecule has 1 N–H and O–H groups in total. The molecule has 0 unspecified atom stereocenters. The number of benzene rings is 1. The normalized spacial score (nSPS) is 11.1. The van der Waals surface area contributed by atoms with Crippen LogP contribution in [-0.4, -0.2) is 45.8 Å². The fraction of sp³-hybridized carbons (Fsp3) is 0.381. The third kappa shape index (κ3) is 4.47. The highest BCUT2D eigenvalue weighted by atomic mass is 19.1. The van der Waals surface area contributed by atoms with E-state index in [4.69, 9.17) is 4.74 Å². The van der Waals surface area contributed by atoms with Gasteiger partial charge >= 0.3 is 0 Å². The number of aromatic nitrogens is 3. The number of likely N-dealkylation sites (N-methyl/N-ethyl adjacent to an activating group) is 1. The zero-order valence-corrected chi connectivity index (χ0v) is 17.1. The van der Waals surface area contributed by atoms with E-state index in [1.165, 1.54) is 12.1 Å². The number of pyridine rings is 1. The van der Waals surface area contributed by atoms with E-state index in [1.54, 1.807) is 35.8 Å². The highest BCUT2D eigenvalue weighted by Gasteiger charge is 2.17. The molecule has 8 heteroatoms. The molecule has 0 spiro atoms. The molecule has 29 heavy (non-hydrogen) atoms. The van der Waals surface area contributed by atoms with Gasteiger partial charge in [0.25, 0.3) is 5.56 Å². The lowest BCUT2D eigenvalue weighted by molar-refractivity contribution is -0.130. The molecule has 1 aromatic carbocycles. The Labute approximate surface area is 168 Å². The van der Waals surface area contributed by atoms with Crippen molar-refractivity contribution in [2.75, 3.05) is 20.2 Å². The van der Waals surface area contributed by atoms with Gasteiger partial charge in [-0.05, 0) is 50.1 Å². The molecule has 0 radical (unpaired) electrons. The lowest BCUT2D eigenvalue weighted by Gasteiger charge is -2.18. The molecule has 0 saturated heterocycles. The van der Waals surface area contributed by atoms with Gasteiger partial charge in [0.2, 0.25) is 5.91 Å². The van der Waals surface area contributed by atoms with Crippen molar-refractivity contribution in [1.29, 1.82) is 0 Å². The van der Waals surface area contributed by atoms with Gasteiger partial charge in [0.05, 0.1) is 12.2 Å². The lowest BCUT2D eigenvalue weighted by Crippen LogP contribution is -2.31. The third-order valence-corrected chi connectivity index (χ3v) is 5.08. The molecule has 0 aliphatic carbocycles. The Bertz CT molecular complexity index is 1090. The number of halogens is 1. The minimum atomic E-state index is -0.324. The van der Waals surface area contributed by atoms with Gasteiger partial charge in [0, 0.05) is 31.5 Å². The summed E-state index contributed by atoms with van der Waals surface area (Å²) in [5.41, 5.74) is 2.82. The van der Waals surface area contributed by atoms with Crippen LogP contribution in [0.25, 0.3) is 11.0 Å². The zero-order chi connectivity index (χ0) is 21.1. The van der Waals surface area contributed by atoms with Gasteiger partial charge in [-0.3, -0.25) is 14.3 Å². The number of rotatable bonds is 7. The molecule has 154 valence electrons. The topological polar surface area (TPSA) is 80.2 Å². The molecule has 0 saturated carbocycles. The summed E-state index contributed by atoms with van der Waals surface area (Å²) in [7, 11) is 3.48. The van der Waals surface area contributed by atoms with E-state index in [-0.39, 0.29) is 23.7 Å². The average molecular weight is 400 g/mol. The van der Waals surface area contributed by atoms with Crippen LogP contribution in [-0.2, 0) is 18.3 Å². The highest BCUT2D eigenvalue weighted by Crippen LogP contribution is 2.21. The van der Waals surface area contributed by atoms with Crippen LogP contribution in [0.3, 0.4) is 0 Å². The summed E-state index contributed by atoms with van der Waals surface area (Å²) in [6, 6.07) is 5.74. The summed E-state index contributed by atoms with van der Waals surface area (Å²) >= 11 is 0. The molecule has 0 fully saturated rings. The first kappa shape index (κ1) is 20.6. The van der Waals surface area contributed by atoms with Crippen LogP contribution >= 0.6 is 0 Å². The fourth-order valence-corrected chi connectivity index (χ4v) is 3.43. The Morgan fingerprint density at radius 1 is 1.28 bits per heavy atom. The molecule has 0 aliphatic heterocycles. The summed E-state index contributed by atoms with van der Waals surface area (Å²) in [6.07, 6.45) is 0.579. The maximum atomic E-state index is 12.9. The minimum absolute atomic E-state index is 0.0745. The smallest absolute Gasteiger partial charge is 0.253 e. The molecule has 3 aromatic rings. The summed E-state index contributed by atoms with van der Waals surface area (Å²) in [5, 5.41) is 5.28. The van der Waals surface area contributed by atoms with E-state index in [9.17, 15) is 14.0 Å². The predicted molar refractivity (Wildman–Crippen MR) is 109 cm³/mol. The van der Waals surface area contributed by atoms with E-state index in [0.29, 0.717) is 36.5 Å². The van der Waals surface area contributed by atoms with Gasteiger partial charge in [-0.1, -0.05) is 0 Å². The van der Waals surface area contributed by atoms with E-state index in [0.717, 1.165) is 16.6 Å². The second-order valence-corrected chi connectivity index (χ2v) is 7.11. The molecule has 2 heterocycles. The van der Waals surface area contributed by atoms with Crippen molar-refractivity contribution < 1.29 is 13.9 Å². The van der Waals surface area contributed by atoms with Gasteiger partial charge in [-0.25, -0.2) is 4.39 Å². The van der Waals surface area contributed by atoms with Crippen LogP contribution in [0.5, 0.6) is 5.75 Å². The second kappa shape index (κ2) is 8.46. The van der Waals surface area contributed by atoms with Crippen molar-refractivity contribution >= 4 is 16.9 Å². The van der Waals surface area contributed by atoms with Crippen LogP contribution < -0.4 is 10.3 Å². The number of hydrogen-bond acceptors (Lipinski definition) is 4. The lowest BCUT2D eigenvalue weighted by atomic mass is 10.0. The number of nitrogens with one attached hydrogen (secondary N) is 1. The molecule has 7 nitrogen and oxygen atoms in total. The first-order chi connectivity index (χ1) is 13.8. The van der Waals surface area contributed by atoms with Gasteiger partial charge < -0.3 is 14.6 Å². The summed E-state index contributed by atoms with van der Waals surface area (Å²) in [4.78, 5) is 29.4. The average Bonchev–Trinajstić information content (AvgIpc) is 2.96. The van der Waals surface area contributed by atoms with Crippen molar-refractivity contribution in [3.63, 3.8) is 0 Å².